The zero-order valence-corrected chi connectivity index (χ0v) is 19.3. The number of para-hydroxylation sites is 1. The largest absolute Gasteiger partial charge is 0.368 e. The lowest BCUT2D eigenvalue weighted by Crippen LogP contribution is -2.49. The molecule has 0 radical (unpaired) electrons. The summed E-state index contributed by atoms with van der Waals surface area (Å²) >= 11 is 0. The number of nitrogens with one attached hydrogen (secondary N) is 1. The Kier molecular flexibility index (Phi) is 7.15. The van der Waals surface area contributed by atoms with E-state index in [-0.39, 0.29) is 30.1 Å². The Morgan fingerprint density at radius 2 is 1.74 bits per heavy atom. The highest BCUT2D eigenvalue weighted by molar-refractivity contribution is 5.94. The monoisotopic (exact) mass is 465 g/mol. The molecule has 4 rings (SSSR count). The van der Waals surface area contributed by atoms with Crippen molar-refractivity contribution in [2.75, 3.05) is 36.4 Å². The van der Waals surface area contributed by atoms with Crippen molar-refractivity contribution >= 4 is 23.2 Å². The second-order valence-corrected chi connectivity index (χ2v) is 8.68. The van der Waals surface area contributed by atoms with E-state index in [0.717, 1.165) is 5.69 Å². The highest BCUT2D eigenvalue weighted by Crippen LogP contribution is 2.25. The Balaban J connectivity index is 1.36. The zero-order chi connectivity index (χ0) is 24.1. The smallest absolute Gasteiger partial charge is 0.246 e. The van der Waals surface area contributed by atoms with E-state index in [2.05, 4.69) is 25.6 Å². The van der Waals surface area contributed by atoms with E-state index < -0.39 is 0 Å². The number of amides is 2. The highest BCUT2D eigenvalue weighted by atomic mass is 19.1. The van der Waals surface area contributed by atoms with Crippen LogP contribution >= 0.6 is 0 Å². The fourth-order valence-corrected chi connectivity index (χ4v) is 3.86. The average molecular weight is 466 g/mol. The lowest BCUT2D eigenvalue weighted by molar-refractivity contribution is -0.132. The first kappa shape index (κ1) is 23.3. The van der Waals surface area contributed by atoms with Gasteiger partial charge in [-0.05, 0) is 47.5 Å². The summed E-state index contributed by atoms with van der Waals surface area (Å²) in [5.74, 6) is 0.146. The molecular weight excluding hydrogens is 437 g/mol. The van der Waals surface area contributed by atoms with Gasteiger partial charge in [0.25, 0.3) is 0 Å². The SMILES string of the molecule is CC(C)CC(=O)Nc1ccccc1-c1nnn(CC(=O)N2CCN(c3ccc(F)cc3)CC2)n1. The fraction of sp³-hybridized carbons (Fsp3) is 0.375. The molecule has 1 aliphatic heterocycles. The van der Waals surface area contributed by atoms with Gasteiger partial charge in [-0.3, -0.25) is 9.59 Å². The predicted octanol–water partition coefficient (Wildman–Crippen LogP) is 2.81. The van der Waals surface area contributed by atoms with Crippen molar-refractivity contribution in [3.8, 4) is 11.4 Å². The molecule has 0 saturated carbocycles. The van der Waals surface area contributed by atoms with Crippen molar-refractivity contribution in [2.45, 2.75) is 26.8 Å². The van der Waals surface area contributed by atoms with Crippen molar-refractivity contribution in [1.29, 1.82) is 0 Å². The summed E-state index contributed by atoms with van der Waals surface area (Å²) in [5.41, 5.74) is 2.19. The summed E-state index contributed by atoms with van der Waals surface area (Å²) < 4.78 is 13.2. The standard InChI is InChI=1S/C24H28FN7O2/c1-17(2)15-22(33)26-21-6-4-3-5-20(21)24-27-29-32(28-24)16-23(34)31-13-11-30(12-14-31)19-9-7-18(25)8-10-19/h3-10,17H,11-16H2,1-2H3,(H,26,33). The van der Waals surface area contributed by atoms with Gasteiger partial charge in [0.15, 0.2) is 0 Å². The molecule has 1 aromatic heterocycles. The van der Waals surface area contributed by atoms with Crippen LogP contribution in [-0.4, -0.2) is 63.1 Å². The normalized spacial score (nSPS) is 13.9. The molecule has 2 amide bonds. The van der Waals surface area contributed by atoms with Crippen LogP contribution in [0.1, 0.15) is 20.3 Å². The van der Waals surface area contributed by atoms with Crippen molar-refractivity contribution in [1.82, 2.24) is 25.1 Å². The van der Waals surface area contributed by atoms with Crippen molar-refractivity contribution < 1.29 is 14.0 Å². The first-order valence-electron chi connectivity index (χ1n) is 11.3. The van der Waals surface area contributed by atoms with Gasteiger partial charge in [-0.1, -0.05) is 26.0 Å². The second-order valence-electron chi connectivity index (χ2n) is 8.68. The van der Waals surface area contributed by atoms with Gasteiger partial charge in [0.2, 0.25) is 17.6 Å². The number of piperazine rings is 1. The van der Waals surface area contributed by atoms with Crippen LogP contribution in [0.25, 0.3) is 11.4 Å². The molecule has 3 aromatic rings. The number of halogens is 1. The molecule has 1 aliphatic rings. The molecular formula is C24H28FN7O2. The van der Waals surface area contributed by atoms with Gasteiger partial charge in [0, 0.05) is 43.9 Å². The Hall–Kier alpha value is -3.82. The number of benzene rings is 2. The van der Waals surface area contributed by atoms with E-state index in [9.17, 15) is 14.0 Å². The van der Waals surface area contributed by atoms with E-state index in [1.165, 1.54) is 16.9 Å². The van der Waals surface area contributed by atoms with E-state index in [4.69, 9.17) is 0 Å². The first-order valence-corrected chi connectivity index (χ1v) is 11.3. The van der Waals surface area contributed by atoms with E-state index in [1.54, 1.807) is 23.1 Å². The number of carbonyl (C=O) groups excluding carboxylic acids is 2. The number of aromatic nitrogens is 4. The van der Waals surface area contributed by atoms with Crippen LogP contribution in [0.15, 0.2) is 48.5 Å². The van der Waals surface area contributed by atoms with Gasteiger partial charge in [-0.2, -0.15) is 4.80 Å². The topological polar surface area (TPSA) is 96.2 Å². The Morgan fingerprint density at radius 3 is 2.44 bits per heavy atom. The molecule has 2 aromatic carbocycles. The number of tetrazole rings is 1. The number of rotatable bonds is 7. The minimum atomic E-state index is -0.266. The molecule has 178 valence electrons. The quantitative estimate of drug-likeness (QED) is 0.577. The number of hydrogen-bond acceptors (Lipinski definition) is 6. The minimum Gasteiger partial charge on any atom is -0.368 e. The van der Waals surface area contributed by atoms with Gasteiger partial charge in [0.05, 0.1) is 5.69 Å². The van der Waals surface area contributed by atoms with E-state index in [1.807, 2.05) is 32.0 Å². The second kappa shape index (κ2) is 10.4. The highest BCUT2D eigenvalue weighted by Gasteiger charge is 2.23. The lowest BCUT2D eigenvalue weighted by atomic mass is 10.1. The van der Waals surface area contributed by atoms with Crippen molar-refractivity contribution in [3.63, 3.8) is 0 Å². The first-order chi connectivity index (χ1) is 16.4. The number of anilines is 2. The van der Waals surface area contributed by atoms with Crippen molar-refractivity contribution in [3.05, 3.63) is 54.3 Å². The summed E-state index contributed by atoms with van der Waals surface area (Å²) in [6.07, 6.45) is 0.414. The summed E-state index contributed by atoms with van der Waals surface area (Å²) in [6, 6.07) is 13.6. The number of carbonyl (C=O) groups is 2. The van der Waals surface area contributed by atoms with E-state index in [0.29, 0.717) is 49.7 Å². The van der Waals surface area contributed by atoms with Crippen LogP contribution in [0.3, 0.4) is 0 Å². The summed E-state index contributed by atoms with van der Waals surface area (Å²) in [6.45, 7) is 6.39. The Bertz CT molecular complexity index is 1140. The maximum atomic E-state index is 13.2. The van der Waals surface area contributed by atoms with Crippen LogP contribution in [0, 0.1) is 11.7 Å². The van der Waals surface area contributed by atoms with Crippen molar-refractivity contribution in [2.24, 2.45) is 5.92 Å². The Morgan fingerprint density at radius 1 is 1.03 bits per heavy atom. The van der Waals surface area contributed by atoms with Gasteiger partial charge < -0.3 is 15.1 Å². The Labute approximate surface area is 197 Å². The number of nitrogens with zero attached hydrogens (tertiary/aromatic N) is 6. The molecule has 0 bridgehead atoms. The van der Waals surface area contributed by atoms with E-state index >= 15 is 0 Å². The third kappa shape index (κ3) is 5.75. The summed E-state index contributed by atoms with van der Waals surface area (Å²) in [4.78, 5) is 30.2. The molecule has 1 fully saturated rings. The predicted molar refractivity (Wildman–Crippen MR) is 127 cm³/mol. The molecule has 0 unspecified atom stereocenters. The number of hydrogen-bond donors (Lipinski definition) is 1. The third-order valence-electron chi connectivity index (χ3n) is 5.59. The minimum absolute atomic E-state index is 0.0224. The summed E-state index contributed by atoms with van der Waals surface area (Å²) in [5, 5.41) is 15.4. The van der Waals surface area contributed by atoms with Crippen LogP contribution in [0.2, 0.25) is 0 Å². The molecule has 10 heteroatoms. The average Bonchev–Trinajstić information content (AvgIpc) is 3.27. The van der Waals surface area contributed by atoms with Crippen LogP contribution in [-0.2, 0) is 16.1 Å². The lowest BCUT2D eigenvalue weighted by Gasteiger charge is -2.36. The van der Waals surface area contributed by atoms with Gasteiger partial charge in [0.1, 0.15) is 12.4 Å². The maximum absolute atomic E-state index is 13.2. The molecule has 0 aliphatic carbocycles. The van der Waals surface area contributed by atoms with Crippen LogP contribution < -0.4 is 10.2 Å². The molecule has 2 heterocycles. The van der Waals surface area contributed by atoms with Gasteiger partial charge in [-0.25, -0.2) is 4.39 Å². The molecule has 0 spiro atoms. The van der Waals surface area contributed by atoms with Gasteiger partial charge >= 0.3 is 0 Å². The summed E-state index contributed by atoms with van der Waals surface area (Å²) in [7, 11) is 0. The molecule has 1 N–H and O–H groups in total. The van der Waals surface area contributed by atoms with Crippen LogP contribution in [0.5, 0.6) is 0 Å². The molecule has 34 heavy (non-hydrogen) atoms. The maximum Gasteiger partial charge on any atom is 0.246 e. The zero-order valence-electron chi connectivity index (χ0n) is 19.3. The van der Waals surface area contributed by atoms with Crippen LogP contribution in [0.4, 0.5) is 15.8 Å². The fourth-order valence-electron chi connectivity index (χ4n) is 3.86. The van der Waals surface area contributed by atoms with Gasteiger partial charge in [-0.15, -0.1) is 10.2 Å². The third-order valence-corrected chi connectivity index (χ3v) is 5.59. The molecule has 0 atom stereocenters. The molecule has 9 nitrogen and oxygen atoms in total. The molecule has 1 saturated heterocycles.